The van der Waals surface area contributed by atoms with Crippen molar-refractivity contribution >= 4 is 10.9 Å². The second-order valence-corrected chi connectivity index (χ2v) is 9.69. The predicted molar refractivity (Wildman–Crippen MR) is 128 cm³/mol. The summed E-state index contributed by atoms with van der Waals surface area (Å²) in [6, 6.07) is 21.7. The number of halogens is 1. The van der Waals surface area contributed by atoms with Crippen LogP contribution in [-0.2, 0) is 15.8 Å². The molecular weight excluding hydrogens is 413 g/mol. The molecule has 4 aromatic rings. The summed E-state index contributed by atoms with van der Waals surface area (Å²) in [7, 11) is 1.86. The lowest BCUT2D eigenvalue weighted by Gasteiger charge is -2.34. The average molecular weight is 442 g/mol. The number of fused-ring (bicyclic) bond motifs is 2. The van der Waals surface area contributed by atoms with E-state index in [2.05, 4.69) is 59.8 Å². The maximum atomic E-state index is 13.4. The van der Waals surface area contributed by atoms with E-state index in [1.807, 2.05) is 18.0 Å². The Morgan fingerprint density at radius 3 is 2.64 bits per heavy atom. The van der Waals surface area contributed by atoms with E-state index >= 15 is 0 Å². The lowest BCUT2D eigenvalue weighted by atomic mass is 9.72. The highest BCUT2D eigenvalue weighted by atomic mass is 19.1. The summed E-state index contributed by atoms with van der Waals surface area (Å²) in [5.41, 5.74) is 5.57. The third-order valence-corrected chi connectivity index (χ3v) is 8.00. The van der Waals surface area contributed by atoms with Gasteiger partial charge in [-0.25, -0.2) is 9.07 Å². The molecule has 1 aromatic heterocycles. The smallest absolute Gasteiger partial charge is 0.123 e. The highest BCUT2D eigenvalue weighted by Crippen LogP contribution is 2.58. The van der Waals surface area contributed by atoms with Gasteiger partial charge in [0, 0.05) is 24.5 Å². The molecule has 1 saturated heterocycles. The van der Waals surface area contributed by atoms with Crippen LogP contribution < -0.4 is 5.32 Å². The molecule has 2 heterocycles. The number of hydrogen-bond donors (Lipinski definition) is 1. The fourth-order valence-electron chi connectivity index (χ4n) is 6.41. The summed E-state index contributed by atoms with van der Waals surface area (Å²) >= 11 is 0. The van der Waals surface area contributed by atoms with Crippen LogP contribution >= 0.6 is 0 Å². The minimum absolute atomic E-state index is 0.0160. The summed E-state index contributed by atoms with van der Waals surface area (Å²) in [6.45, 7) is 4.16. The maximum absolute atomic E-state index is 13.4. The van der Waals surface area contributed by atoms with Crippen molar-refractivity contribution in [2.75, 3.05) is 20.2 Å². The van der Waals surface area contributed by atoms with Crippen LogP contribution in [0.2, 0.25) is 0 Å². The lowest BCUT2D eigenvalue weighted by molar-refractivity contribution is -0.0168. The third-order valence-electron chi connectivity index (χ3n) is 8.00. The van der Waals surface area contributed by atoms with Crippen LogP contribution in [0, 0.1) is 18.7 Å². The number of nitrogens with zero attached hydrogens (tertiary/aromatic N) is 2. The summed E-state index contributed by atoms with van der Waals surface area (Å²) in [4.78, 5) is 0. The number of aryl methyl sites for hydroxylation is 1. The van der Waals surface area contributed by atoms with Crippen LogP contribution in [-0.4, -0.2) is 30.0 Å². The number of hydrogen-bond acceptors (Lipinski definition) is 3. The van der Waals surface area contributed by atoms with Crippen LogP contribution in [0.1, 0.15) is 29.5 Å². The number of aromatic nitrogens is 2. The molecule has 3 unspecified atom stereocenters. The van der Waals surface area contributed by atoms with E-state index in [1.54, 1.807) is 12.1 Å². The number of benzene rings is 3. The van der Waals surface area contributed by atoms with Crippen LogP contribution in [0.15, 0.2) is 72.9 Å². The van der Waals surface area contributed by atoms with Gasteiger partial charge in [-0.15, -0.1) is 0 Å². The molecule has 1 aliphatic heterocycles. The normalized spacial score (nSPS) is 26.7. The summed E-state index contributed by atoms with van der Waals surface area (Å²) in [6.07, 6.45) is 3.88. The van der Waals surface area contributed by atoms with Crippen LogP contribution in [0.3, 0.4) is 0 Å². The topological polar surface area (TPSA) is 39.1 Å². The van der Waals surface area contributed by atoms with Gasteiger partial charge in [0.1, 0.15) is 5.82 Å². The monoisotopic (exact) mass is 441 g/mol. The molecule has 168 valence electrons. The second-order valence-electron chi connectivity index (χ2n) is 9.69. The van der Waals surface area contributed by atoms with Gasteiger partial charge >= 0.3 is 0 Å². The Morgan fingerprint density at radius 1 is 1.09 bits per heavy atom. The Kier molecular flexibility index (Phi) is 4.68. The van der Waals surface area contributed by atoms with Gasteiger partial charge in [-0.05, 0) is 85.3 Å². The Hall–Kier alpha value is -3.02. The van der Waals surface area contributed by atoms with Crippen molar-refractivity contribution in [1.82, 2.24) is 15.1 Å². The Labute approximate surface area is 193 Å². The first kappa shape index (κ1) is 20.6. The van der Waals surface area contributed by atoms with Crippen molar-refractivity contribution in [2.45, 2.75) is 30.8 Å². The molecule has 0 radical (unpaired) electrons. The van der Waals surface area contributed by atoms with E-state index in [-0.39, 0.29) is 16.8 Å². The molecule has 1 aliphatic carbocycles. The van der Waals surface area contributed by atoms with Crippen molar-refractivity contribution in [1.29, 1.82) is 0 Å². The van der Waals surface area contributed by atoms with E-state index < -0.39 is 0 Å². The minimum atomic E-state index is -0.270. The largest absolute Gasteiger partial charge is 0.373 e. The van der Waals surface area contributed by atoms with Gasteiger partial charge in [-0.2, -0.15) is 5.10 Å². The molecule has 0 bridgehead atoms. The van der Waals surface area contributed by atoms with Gasteiger partial charge in [0.25, 0.3) is 0 Å². The van der Waals surface area contributed by atoms with E-state index in [0.29, 0.717) is 5.92 Å². The summed E-state index contributed by atoms with van der Waals surface area (Å²) in [5.74, 6) is 0.259. The van der Waals surface area contributed by atoms with E-state index in [0.717, 1.165) is 42.5 Å². The van der Waals surface area contributed by atoms with Gasteiger partial charge in [-0.3, -0.25) is 0 Å². The van der Waals surface area contributed by atoms with Gasteiger partial charge < -0.3 is 10.1 Å². The van der Waals surface area contributed by atoms with Crippen molar-refractivity contribution < 1.29 is 9.13 Å². The Balaban J connectivity index is 1.46. The van der Waals surface area contributed by atoms with Crippen LogP contribution in [0.5, 0.6) is 0 Å². The standard InChI is InChI=1S/C28H28FN3O/c1-19-12-26-20(15-31-32(26)24-10-8-23(29)9-11-24)13-25(19)27-17-28(33-2,14-22(27)16-30-18-27)21-6-4-3-5-7-21/h3-13,15,22,30H,14,16-18H2,1-2H3. The molecule has 2 aliphatic rings. The Bertz CT molecular complexity index is 1320. The summed E-state index contributed by atoms with van der Waals surface area (Å²) < 4.78 is 21.6. The first-order valence-electron chi connectivity index (χ1n) is 11.6. The number of rotatable bonds is 4. The molecule has 4 nitrogen and oxygen atoms in total. The van der Waals surface area contributed by atoms with Crippen molar-refractivity contribution in [3.63, 3.8) is 0 Å². The molecule has 3 atom stereocenters. The molecule has 2 fully saturated rings. The SMILES string of the molecule is COC1(c2ccccc2)CC2CNCC2(c2cc3cnn(-c4ccc(F)cc4)c3cc2C)C1. The zero-order chi connectivity index (χ0) is 22.6. The van der Waals surface area contributed by atoms with Crippen LogP contribution in [0.4, 0.5) is 4.39 Å². The first-order chi connectivity index (χ1) is 16.0. The zero-order valence-corrected chi connectivity index (χ0v) is 19.0. The van der Waals surface area contributed by atoms with Crippen LogP contribution in [0.25, 0.3) is 16.6 Å². The molecule has 3 aromatic carbocycles. The molecule has 5 heteroatoms. The molecule has 1 N–H and O–H groups in total. The quantitative estimate of drug-likeness (QED) is 0.469. The number of methoxy groups -OCH3 is 1. The minimum Gasteiger partial charge on any atom is -0.373 e. The van der Waals surface area contributed by atoms with E-state index in [1.165, 1.54) is 28.8 Å². The highest BCUT2D eigenvalue weighted by Gasteiger charge is 2.58. The van der Waals surface area contributed by atoms with Gasteiger partial charge in [-0.1, -0.05) is 30.3 Å². The second kappa shape index (κ2) is 7.51. The fraction of sp³-hybridized carbons (Fsp3) is 0.321. The van der Waals surface area contributed by atoms with Crippen molar-refractivity contribution in [2.24, 2.45) is 5.92 Å². The fourth-order valence-corrected chi connectivity index (χ4v) is 6.41. The molecule has 0 amide bonds. The van der Waals surface area contributed by atoms with E-state index in [9.17, 15) is 4.39 Å². The number of nitrogens with one attached hydrogen (secondary N) is 1. The molecular formula is C28H28FN3O. The molecule has 33 heavy (non-hydrogen) atoms. The summed E-state index contributed by atoms with van der Waals surface area (Å²) in [5, 5.41) is 9.42. The molecule has 6 rings (SSSR count). The highest BCUT2D eigenvalue weighted by molar-refractivity contribution is 5.82. The molecule has 0 spiro atoms. The lowest BCUT2D eigenvalue weighted by Crippen LogP contribution is -2.35. The molecule has 1 saturated carbocycles. The first-order valence-corrected chi connectivity index (χ1v) is 11.6. The predicted octanol–water partition coefficient (Wildman–Crippen LogP) is 5.27. The van der Waals surface area contributed by atoms with Gasteiger partial charge in [0.15, 0.2) is 0 Å². The maximum Gasteiger partial charge on any atom is 0.123 e. The average Bonchev–Trinajstić information content (AvgIpc) is 3.51. The zero-order valence-electron chi connectivity index (χ0n) is 19.0. The third kappa shape index (κ3) is 3.06. The number of ether oxygens (including phenoxy) is 1. The Morgan fingerprint density at radius 2 is 1.88 bits per heavy atom. The van der Waals surface area contributed by atoms with Crippen molar-refractivity contribution in [3.8, 4) is 5.69 Å². The van der Waals surface area contributed by atoms with E-state index in [4.69, 9.17) is 4.74 Å². The van der Waals surface area contributed by atoms with Gasteiger partial charge in [0.05, 0.1) is 23.0 Å². The van der Waals surface area contributed by atoms with Crippen molar-refractivity contribution in [3.05, 3.63) is 95.4 Å². The van der Waals surface area contributed by atoms with Gasteiger partial charge in [0.2, 0.25) is 0 Å².